The smallest absolute Gasteiger partial charge is 0.258 e. The lowest BCUT2D eigenvalue weighted by Crippen LogP contribution is -2.20. The van der Waals surface area contributed by atoms with Crippen LogP contribution in [0.25, 0.3) is 4.96 Å². The van der Waals surface area contributed by atoms with Gasteiger partial charge >= 0.3 is 0 Å². The van der Waals surface area contributed by atoms with Crippen LogP contribution in [-0.4, -0.2) is 21.3 Å². The van der Waals surface area contributed by atoms with E-state index < -0.39 is 0 Å². The van der Waals surface area contributed by atoms with Crippen LogP contribution in [0.2, 0.25) is 0 Å². The molecular weight excluding hydrogens is 278 g/mol. The van der Waals surface area contributed by atoms with Crippen LogP contribution < -0.4 is 5.56 Å². The Morgan fingerprint density at radius 1 is 1.37 bits per heavy atom. The van der Waals surface area contributed by atoms with Crippen LogP contribution in [0.3, 0.4) is 0 Å². The summed E-state index contributed by atoms with van der Waals surface area (Å²) in [6, 6.07) is 3.73. The van der Waals surface area contributed by atoms with Crippen molar-refractivity contribution in [3.05, 3.63) is 56.1 Å². The Kier molecular flexibility index (Phi) is 3.46. The molecule has 0 saturated heterocycles. The highest BCUT2D eigenvalue weighted by molar-refractivity contribution is 7.15. The van der Waals surface area contributed by atoms with Gasteiger partial charge in [0.2, 0.25) is 0 Å². The maximum absolute atomic E-state index is 11.9. The van der Waals surface area contributed by atoms with Gasteiger partial charge < -0.3 is 0 Å². The average Bonchev–Trinajstić information content (AvgIpc) is 2.99. The second-order valence-electron chi connectivity index (χ2n) is 4.45. The van der Waals surface area contributed by atoms with E-state index in [0.29, 0.717) is 6.54 Å². The highest BCUT2D eigenvalue weighted by Gasteiger charge is 2.07. The van der Waals surface area contributed by atoms with Gasteiger partial charge in [0, 0.05) is 30.7 Å². The van der Waals surface area contributed by atoms with Crippen LogP contribution in [0, 0.1) is 0 Å². The molecule has 0 spiro atoms. The Morgan fingerprint density at radius 2 is 2.26 bits per heavy atom. The summed E-state index contributed by atoms with van der Waals surface area (Å²) in [7, 11) is 2.04. The van der Waals surface area contributed by atoms with Gasteiger partial charge in [-0.1, -0.05) is 0 Å². The number of thiophene rings is 1. The van der Waals surface area contributed by atoms with Crippen molar-refractivity contribution in [2.24, 2.45) is 0 Å². The zero-order valence-electron chi connectivity index (χ0n) is 10.4. The van der Waals surface area contributed by atoms with Gasteiger partial charge in [-0.2, -0.15) is 11.3 Å². The third-order valence-corrected chi connectivity index (χ3v) is 4.31. The van der Waals surface area contributed by atoms with Gasteiger partial charge in [0.1, 0.15) is 0 Å². The van der Waals surface area contributed by atoms with Gasteiger partial charge in [0.15, 0.2) is 4.96 Å². The number of rotatable bonds is 4. The second-order valence-corrected chi connectivity index (χ2v) is 6.10. The van der Waals surface area contributed by atoms with Gasteiger partial charge in [0.05, 0.1) is 5.69 Å². The Bertz CT molecular complexity index is 730. The van der Waals surface area contributed by atoms with E-state index in [1.54, 1.807) is 28.0 Å². The molecule has 0 fully saturated rings. The number of fused-ring (bicyclic) bond motifs is 1. The molecule has 0 amide bonds. The summed E-state index contributed by atoms with van der Waals surface area (Å²) in [5, 5.41) is 6.09. The van der Waals surface area contributed by atoms with Gasteiger partial charge in [-0.15, -0.1) is 11.3 Å². The quantitative estimate of drug-likeness (QED) is 0.741. The van der Waals surface area contributed by atoms with Crippen molar-refractivity contribution >= 4 is 27.6 Å². The molecule has 3 aromatic rings. The van der Waals surface area contributed by atoms with Crippen LogP contribution in [0.4, 0.5) is 0 Å². The lowest BCUT2D eigenvalue weighted by atomic mass is 10.3. The standard InChI is InChI=1S/C13H13N3OS2/c1-15(7-10-2-4-18-9-10)8-11-6-12(17)16-3-5-19-13(16)14-11/h2-6,9H,7-8H2,1H3. The van der Waals surface area contributed by atoms with E-state index in [1.165, 1.54) is 16.9 Å². The number of hydrogen-bond donors (Lipinski definition) is 0. The lowest BCUT2D eigenvalue weighted by molar-refractivity contribution is 0.315. The molecule has 98 valence electrons. The zero-order chi connectivity index (χ0) is 13.2. The molecule has 4 nitrogen and oxygen atoms in total. The van der Waals surface area contributed by atoms with Crippen molar-refractivity contribution in [2.75, 3.05) is 7.05 Å². The second kappa shape index (κ2) is 5.24. The molecule has 3 heterocycles. The van der Waals surface area contributed by atoms with E-state index in [2.05, 4.69) is 26.7 Å². The van der Waals surface area contributed by atoms with Crippen molar-refractivity contribution in [1.29, 1.82) is 0 Å². The third-order valence-electron chi connectivity index (χ3n) is 2.82. The summed E-state index contributed by atoms with van der Waals surface area (Å²) in [5.74, 6) is 0. The molecule has 19 heavy (non-hydrogen) atoms. The maximum atomic E-state index is 11.9. The summed E-state index contributed by atoms with van der Waals surface area (Å²) in [6.07, 6.45) is 1.76. The molecule has 0 aliphatic rings. The number of hydrogen-bond acceptors (Lipinski definition) is 5. The summed E-state index contributed by atoms with van der Waals surface area (Å²) < 4.78 is 1.58. The predicted molar refractivity (Wildman–Crippen MR) is 78.8 cm³/mol. The predicted octanol–water partition coefficient (Wildman–Crippen LogP) is 2.45. The maximum Gasteiger partial charge on any atom is 0.258 e. The Balaban J connectivity index is 1.79. The Morgan fingerprint density at radius 3 is 3.05 bits per heavy atom. The highest BCUT2D eigenvalue weighted by atomic mass is 32.1. The fraction of sp³-hybridized carbons (Fsp3) is 0.231. The van der Waals surface area contributed by atoms with Gasteiger partial charge in [-0.25, -0.2) is 4.98 Å². The van der Waals surface area contributed by atoms with Crippen molar-refractivity contribution in [1.82, 2.24) is 14.3 Å². The third kappa shape index (κ3) is 2.75. The van der Waals surface area contributed by atoms with E-state index in [-0.39, 0.29) is 5.56 Å². The minimum Gasteiger partial charge on any atom is -0.296 e. The Hall–Kier alpha value is -1.50. The van der Waals surface area contributed by atoms with E-state index in [0.717, 1.165) is 17.2 Å². The molecular formula is C13H13N3OS2. The molecule has 0 saturated carbocycles. The van der Waals surface area contributed by atoms with Crippen molar-refractivity contribution < 1.29 is 0 Å². The lowest BCUT2D eigenvalue weighted by Gasteiger charge is -2.15. The summed E-state index contributed by atoms with van der Waals surface area (Å²) in [6.45, 7) is 1.55. The highest BCUT2D eigenvalue weighted by Crippen LogP contribution is 2.11. The average molecular weight is 291 g/mol. The minimum atomic E-state index is -0.00909. The first-order valence-corrected chi connectivity index (χ1v) is 7.70. The van der Waals surface area contributed by atoms with Crippen molar-refractivity contribution in [3.8, 4) is 0 Å². The van der Waals surface area contributed by atoms with Crippen LogP contribution in [0.1, 0.15) is 11.3 Å². The SMILES string of the molecule is CN(Cc1ccsc1)Cc1cc(=O)n2ccsc2n1. The number of nitrogens with zero attached hydrogens (tertiary/aromatic N) is 3. The molecule has 0 aromatic carbocycles. The van der Waals surface area contributed by atoms with E-state index >= 15 is 0 Å². The van der Waals surface area contributed by atoms with E-state index in [1.807, 2.05) is 12.4 Å². The monoisotopic (exact) mass is 291 g/mol. The summed E-state index contributed by atoms with van der Waals surface area (Å²) >= 11 is 3.18. The van der Waals surface area contributed by atoms with Gasteiger partial charge in [0.25, 0.3) is 5.56 Å². The van der Waals surface area contributed by atoms with Crippen LogP contribution in [0.15, 0.2) is 39.3 Å². The molecule has 0 aliphatic heterocycles. The number of aromatic nitrogens is 2. The number of thiazole rings is 1. The molecule has 0 atom stereocenters. The first kappa shape index (κ1) is 12.5. The normalized spacial score (nSPS) is 11.5. The molecule has 3 rings (SSSR count). The Labute approximate surface area is 118 Å². The molecule has 0 N–H and O–H groups in total. The molecule has 0 bridgehead atoms. The summed E-state index contributed by atoms with van der Waals surface area (Å²) in [5.41, 5.74) is 2.11. The van der Waals surface area contributed by atoms with Crippen molar-refractivity contribution in [2.45, 2.75) is 13.1 Å². The molecule has 0 radical (unpaired) electrons. The molecule has 0 unspecified atom stereocenters. The van der Waals surface area contributed by atoms with Crippen LogP contribution in [-0.2, 0) is 13.1 Å². The van der Waals surface area contributed by atoms with Crippen LogP contribution in [0.5, 0.6) is 0 Å². The van der Waals surface area contributed by atoms with E-state index in [9.17, 15) is 4.79 Å². The van der Waals surface area contributed by atoms with Gasteiger partial charge in [-0.05, 0) is 29.4 Å². The molecule has 0 aliphatic carbocycles. The fourth-order valence-corrected chi connectivity index (χ4v) is 3.39. The van der Waals surface area contributed by atoms with E-state index in [4.69, 9.17) is 0 Å². The topological polar surface area (TPSA) is 37.6 Å². The van der Waals surface area contributed by atoms with Gasteiger partial charge in [-0.3, -0.25) is 14.1 Å². The summed E-state index contributed by atoms with van der Waals surface area (Å²) in [4.78, 5) is 19.3. The van der Waals surface area contributed by atoms with Crippen molar-refractivity contribution in [3.63, 3.8) is 0 Å². The molecule has 3 aromatic heterocycles. The zero-order valence-corrected chi connectivity index (χ0v) is 12.1. The van der Waals surface area contributed by atoms with Crippen LogP contribution >= 0.6 is 22.7 Å². The minimum absolute atomic E-state index is 0.00909. The largest absolute Gasteiger partial charge is 0.296 e. The fourth-order valence-electron chi connectivity index (χ4n) is 2.00. The first-order valence-electron chi connectivity index (χ1n) is 5.88. The molecule has 6 heteroatoms. The first-order chi connectivity index (χ1) is 9.22.